The first-order chi connectivity index (χ1) is 24.8. The predicted octanol–water partition coefficient (Wildman–Crippen LogP) is 11.3. The second kappa shape index (κ2) is 11.5. The Labute approximate surface area is 287 Å². The number of hydrogen-bond donors (Lipinski definition) is 1. The summed E-state index contributed by atoms with van der Waals surface area (Å²) in [5.41, 5.74) is 10.5. The Hall–Kier alpha value is -6.72. The third kappa shape index (κ3) is 4.63. The van der Waals surface area contributed by atoms with Crippen molar-refractivity contribution in [2.24, 2.45) is 9.98 Å². The van der Waals surface area contributed by atoms with E-state index in [9.17, 15) is 0 Å². The highest BCUT2D eigenvalue weighted by Gasteiger charge is 2.22. The number of hydrogen-bond acceptors (Lipinski definition) is 5. The molecule has 1 aliphatic heterocycles. The van der Waals surface area contributed by atoms with Gasteiger partial charge in [0.25, 0.3) is 0 Å². The van der Waals surface area contributed by atoms with Crippen LogP contribution in [0, 0.1) is 0 Å². The second-order valence-corrected chi connectivity index (χ2v) is 12.6. The smallest absolute Gasteiger partial charge is 0.159 e. The number of nitrogens with zero attached hydrogens (tertiary/aromatic N) is 2. The van der Waals surface area contributed by atoms with Crippen LogP contribution in [-0.2, 0) is 0 Å². The standard InChI is InChI=1S/C45H29N3O2/c1-3-13-28(14-4-1)43-46-44(29-15-5-2-6-16-29)48-45(47-43)31-18-9-17-30(27-31)32-20-10-22-35-37-24-12-25-38(42(37)50-40(32)35)36-23-11-21-34-33-19-7-8-26-39(33)49-41(34)36/h1-27,43H,(H,46,47,48). The van der Waals surface area contributed by atoms with Gasteiger partial charge in [0.15, 0.2) is 5.84 Å². The molecule has 7 aromatic carbocycles. The lowest BCUT2D eigenvalue weighted by atomic mass is 9.98. The fourth-order valence-electron chi connectivity index (χ4n) is 7.17. The van der Waals surface area contributed by atoms with Crippen LogP contribution in [0.15, 0.2) is 183 Å². The van der Waals surface area contributed by atoms with E-state index in [1.807, 2.05) is 48.5 Å². The summed E-state index contributed by atoms with van der Waals surface area (Å²) < 4.78 is 13.3. The van der Waals surface area contributed by atoms with Crippen molar-refractivity contribution in [2.75, 3.05) is 0 Å². The van der Waals surface area contributed by atoms with E-state index in [4.69, 9.17) is 18.8 Å². The van der Waals surface area contributed by atoms with Gasteiger partial charge in [-0.1, -0.05) is 152 Å². The molecule has 5 heteroatoms. The SMILES string of the molecule is c1ccc(C2=NC(c3ccccc3)NC(c3cccc(-c4cccc5c4oc4c(-c6cccc7c6oc6ccccc67)cccc45)c3)=N2)cc1. The molecule has 0 saturated heterocycles. The lowest BCUT2D eigenvalue weighted by molar-refractivity contribution is 0.665. The molecule has 1 atom stereocenters. The first-order valence-electron chi connectivity index (χ1n) is 16.8. The Balaban J connectivity index is 1.10. The van der Waals surface area contributed by atoms with Gasteiger partial charge in [-0.05, 0) is 23.3 Å². The number of nitrogens with one attached hydrogen (secondary N) is 1. The van der Waals surface area contributed by atoms with Crippen LogP contribution in [0.5, 0.6) is 0 Å². The summed E-state index contributed by atoms with van der Waals surface area (Å²) in [4.78, 5) is 10.0. The van der Waals surface area contributed by atoms with Gasteiger partial charge in [0, 0.05) is 49.4 Å². The minimum Gasteiger partial charge on any atom is -0.455 e. The molecule has 10 rings (SSSR count). The van der Waals surface area contributed by atoms with Crippen LogP contribution in [-0.4, -0.2) is 11.7 Å². The normalized spacial score (nSPS) is 14.6. The molecule has 0 saturated carbocycles. The fourth-order valence-corrected chi connectivity index (χ4v) is 7.17. The van der Waals surface area contributed by atoms with Gasteiger partial charge in [0.2, 0.25) is 0 Å². The van der Waals surface area contributed by atoms with Crippen molar-refractivity contribution in [2.45, 2.75) is 6.17 Å². The van der Waals surface area contributed by atoms with Crippen LogP contribution in [0.1, 0.15) is 22.9 Å². The Bertz CT molecular complexity index is 2790. The zero-order valence-electron chi connectivity index (χ0n) is 26.9. The van der Waals surface area contributed by atoms with Gasteiger partial charge in [-0.25, -0.2) is 9.98 Å². The van der Waals surface area contributed by atoms with Gasteiger partial charge in [0.05, 0.1) is 0 Å². The van der Waals surface area contributed by atoms with Crippen molar-refractivity contribution >= 4 is 55.5 Å². The molecular weight excluding hydrogens is 615 g/mol. The molecule has 50 heavy (non-hydrogen) atoms. The number of fused-ring (bicyclic) bond motifs is 6. The molecule has 0 amide bonds. The lowest BCUT2D eigenvalue weighted by Gasteiger charge is -2.24. The van der Waals surface area contributed by atoms with Gasteiger partial charge < -0.3 is 14.2 Å². The Morgan fingerprint density at radius 1 is 0.440 bits per heavy atom. The molecule has 0 aliphatic carbocycles. The van der Waals surface area contributed by atoms with Crippen LogP contribution in [0.2, 0.25) is 0 Å². The maximum atomic E-state index is 6.88. The Morgan fingerprint density at radius 2 is 0.980 bits per heavy atom. The van der Waals surface area contributed by atoms with Crippen molar-refractivity contribution in [3.05, 3.63) is 180 Å². The van der Waals surface area contributed by atoms with Crippen LogP contribution < -0.4 is 5.32 Å². The van der Waals surface area contributed by atoms with Crippen LogP contribution in [0.3, 0.4) is 0 Å². The third-order valence-corrected chi connectivity index (χ3v) is 9.56. The van der Waals surface area contributed by atoms with E-state index >= 15 is 0 Å². The largest absolute Gasteiger partial charge is 0.455 e. The van der Waals surface area contributed by atoms with Gasteiger partial charge in [-0.3, -0.25) is 0 Å². The fraction of sp³-hybridized carbons (Fsp3) is 0.0222. The Morgan fingerprint density at radius 3 is 1.74 bits per heavy atom. The average Bonchev–Trinajstić information content (AvgIpc) is 3.77. The van der Waals surface area contributed by atoms with Gasteiger partial charge in [-0.2, -0.15) is 0 Å². The number of aliphatic imine (C=N–C) groups is 2. The van der Waals surface area contributed by atoms with Crippen LogP contribution >= 0.6 is 0 Å². The molecule has 236 valence electrons. The molecule has 2 aromatic heterocycles. The van der Waals surface area contributed by atoms with Gasteiger partial charge in [0.1, 0.15) is 34.3 Å². The van der Waals surface area contributed by atoms with E-state index in [-0.39, 0.29) is 6.17 Å². The molecule has 0 radical (unpaired) electrons. The summed E-state index contributed by atoms with van der Waals surface area (Å²) in [6, 6.07) is 56.2. The monoisotopic (exact) mass is 643 g/mol. The summed E-state index contributed by atoms with van der Waals surface area (Å²) in [6.45, 7) is 0. The zero-order valence-corrected chi connectivity index (χ0v) is 26.9. The van der Waals surface area contributed by atoms with Crippen molar-refractivity contribution in [3.63, 3.8) is 0 Å². The topological polar surface area (TPSA) is 63.0 Å². The number of amidine groups is 2. The number of furan rings is 2. The lowest BCUT2D eigenvalue weighted by Crippen LogP contribution is -2.33. The summed E-state index contributed by atoms with van der Waals surface area (Å²) in [5, 5.41) is 7.94. The second-order valence-electron chi connectivity index (χ2n) is 12.6. The van der Waals surface area contributed by atoms with Crippen molar-refractivity contribution in [1.29, 1.82) is 0 Å². The predicted molar refractivity (Wildman–Crippen MR) is 204 cm³/mol. The average molecular weight is 644 g/mol. The summed E-state index contributed by atoms with van der Waals surface area (Å²) in [7, 11) is 0. The molecule has 0 fully saturated rings. The first-order valence-corrected chi connectivity index (χ1v) is 16.8. The van der Waals surface area contributed by atoms with Crippen molar-refractivity contribution in [3.8, 4) is 22.3 Å². The molecule has 5 nitrogen and oxygen atoms in total. The van der Waals surface area contributed by atoms with Crippen LogP contribution in [0.4, 0.5) is 0 Å². The number of para-hydroxylation sites is 4. The van der Waals surface area contributed by atoms with Crippen molar-refractivity contribution < 1.29 is 8.83 Å². The third-order valence-electron chi connectivity index (χ3n) is 9.56. The molecule has 9 aromatic rings. The maximum Gasteiger partial charge on any atom is 0.159 e. The number of rotatable bonds is 5. The molecule has 3 heterocycles. The molecule has 1 N–H and O–H groups in total. The van der Waals surface area contributed by atoms with Gasteiger partial charge in [-0.15, -0.1) is 0 Å². The van der Waals surface area contributed by atoms with E-state index in [0.29, 0.717) is 5.84 Å². The van der Waals surface area contributed by atoms with E-state index in [1.54, 1.807) is 0 Å². The molecule has 0 bridgehead atoms. The first kappa shape index (κ1) is 28.3. The minimum absolute atomic E-state index is 0.268. The summed E-state index contributed by atoms with van der Waals surface area (Å²) in [5.74, 6) is 1.47. The summed E-state index contributed by atoms with van der Waals surface area (Å²) in [6.07, 6.45) is -0.268. The number of benzene rings is 7. The minimum atomic E-state index is -0.268. The maximum absolute atomic E-state index is 6.88. The molecule has 1 unspecified atom stereocenters. The van der Waals surface area contributed by atoms with E-state index < -0.39 is 0 Å². The molecule has 0 spiro atoms. The van der Waals surface area contributed by atoms with E-state index in [2.05, 4.69) is 121 Å². The molecule has 1 aliphatic rings. The quantitative estimate of drug-likeness (QED) is 0.203. The highest BCUT2D eigenvalue weighted by Crippen LogP contribution is 2.43. The van der Waals surface area contributed by atoms with Gasteiger partial charge >= 0.3 is 0 Å². The van der Waals surface area contributed by atoms with E-state index in [0.717, 1.165) is 88.7 Å². The summed E-state index contributed by atoms with van der Waals surface area (Å²) >= 11 is 0. The van der Waals surface area contributed by atoms with Crippen molar-refractivity contribution in [1.82, 2.24) is 5.32 Å². The van der Waals surface area contributed by atoms with Crippen LogP contribution in [0.25, 0.3) is 66.1 Å². The molecular formula is C45H29N3O2. The Kier molecular flexibility index (Phi) is 6.49. The highest BCUT2D eigenvalue weighted by atomic mass is 16.3. The van der Waals surface area contributed by atoms with E-state index in [1.165, 1.54) is 0 Å². The highest BCUT2D eigenvalue weighted by molar-refractivity contribution is 6.17. The zero-order chi connectivity index (χ0) is 33.0.